The maximum atomic E-state index is 7.15. The Balaban J connectivity index is 2.96. The van der Waals surface area contributed by atoms with Crippen molar-refractivity contribution in [1.29, 1.82) is 0 Å². The lowest BCUT2D eigenvalue weighted by Crippen LogP contribution is -2.11. The van der Waals surface area contributed by atoms with Gasteiger partial charge in [0.25, 0.3) is 0 Å². The van der Waals surface area contributed by atoms with E-state index in [1.54, 1.807) is 6.07 Å². The number of nitrogens with zero attached hydrogens (tertiary/aromatic N) is 1. The Morgan fingerprint density at radius 3 is 2.56 bits per heavy atom. The molecule has 2 heteroatoms. The van der Waals surface area contributed by atoms with Crippen LogP contribution < -0.4 is 0 Å². The number of rotatable bonds is 0. The van der Waals surface area contributed by atoms with Crippen LogP contribution in [0.1, 0.15) is 27.8 Å². The number of hydrogen-bond donors (Lipinski definition) is 1. The van der Waals surface area contributed by atoms with Crippen LogP contribution in [0.2, 0.25) is 0 Å². The van der Waals surface area contributed by atoms with E-state index in [-0.39, 0.29) is 5.41 Å². The molecule has 0 bridgehead atoms. The first-order chi connectivity index (χ1) is 4.50. The molecule has 0 aromatic carbocycles. The molecule has 50 valence electrons. The molecule has 0 unspecified atom stereocenters. The van der Waals surface area contributed by atoms with E-state index in [0.717, 1.165) is 5.69 Å². The predicted molar refractivity (Wildman–Crippen MR) is 37.3 cm³/mol. The molecule has 1 aromatic rings. The highest BCUT2D eigenvalue weighted by Gasteiger charge is 2.13. The van der Waals surface area contributed by atoms with Gasteiger partial charge in [-0.15, -0.1) is 0 Å². The third kappa shape index (κ3) is 1.31. The van der Waals surface area contributed by atoms with Crippen LogP contribution in [0.5, 0.6) is 0 Å². The monoisotopic (exact) mass is 125 g/mol. The number of aromatic nitrogens is 2. The molecule has 0 aliphatic carbocycles. The normalized spacial score (nSPS) is 13.4. The Morgan fingerprint density at radius 1 is 1.67 bits per heavy atom. The van der Waals surface area contributed by atoms with Gasteiger partial charge in [0.15, 0.2) is 0 Å². The van der Waals surface area contributed by atoms with Gasteiger partial charge in [0.1, 0.15) is 0 Å². The zero-order valence-corrected chi connectivity index (χ0v) is 6.02. The Kier molecular flexibility index (Phi) is 1.04. The van der Waals surface area contributed by atoms with Crippen LogP contribution in [0.3, 0.4) is 0 Å². The summed E-state index contributed by atoms with van der Waals surface area (Å²) in [5.41, 5.74) is 1.09. The molecule has 0 spiro atoms. The first-order valence-electron chi connectivity index (χ1n) is 3.52. The maximum absolute atomic E-state index is 7.15. The van der Waals surface area contributed by atoms with Crippen molar-refractivity contribution >= 4 is 0 Å². The fraction of sp³-hybridized carbons (Fsp3) is 0.571. The van der Waals surface area contributed by atoms with Crippen molar-refractivity contribution in [3.63, 3.8) is 0 Å². The number of hydrogen-bond acceptors (Lipinski definition) is 1. The van der Waals surface area contributed by atoms with Gasteiger partial charge in [-0.25, -0.2) is 0 Å². The van der Waals surface area contributed by atoms with E-state index >= 15 is 0 Å². The molecule has 0 amide bonds. The summed E-state index contributed by atoms with van der Waals surface area (Å²) in [4.78, 5) is 0. The highest BCUT2D eigenvalue weighted by Crippen LogP contribution is 2.17. The largest absolute Gasteiger partial charge is 0.282 e. The SMILES string of the molecule is [2H]c1cc(C(C)(C)C)[nH]n1. The predicted octanol–water partition coefficient (Wildman–Crippen LogP) is 1.71. The molecule has 0 saturated heterocycles. The van der Waals surface area contributed by atoms with Crippen molar-refractivity contribution in [3.05, 3.63) is 17.9 Å². The van der Waals surface area contributed by atoms with E-state index in [1.807, 2.05) is 0 Å². The number of aromatic amines is 1. The average molecular weight is 125 g/mol. The van der Waals surface area contributed by atoms with Crippen molar-refractivity contribution in [3.8, 4) is 0 Å². The molecule has 1 heterocycles. The fourth-order valence-corrected chi connectivity index (χ4v) is 0.606. The van der Waals surface area contributed by atoms with Gasteiger partial charge < -0.3 is 0 Å². The lowest BCUT2D eigenvalue weighted by atomic mass is 9.93. The molecule has 0 aliphatic heterocycles. The van der Waals surface area contributed by atoms with Gasteiger partial charge in [0.2, 0.25) is 0 Å². The van der Waals surface area contributed by atoms with Crippen LogP contribution in [0, 0.1) is 0 Å². The minimum Gasteiger partial charge on any atom is -0.282 e. The second-order valence-electron chi connectivity index (χ2n) is 3.16. The highest BCUT2D eigenvalue weighted by molar-refractivity contribution is 5.09. The molecule has 9 heavy (non-hydrogen) atoms. The average Bonchev–Trinajstić information content (AvgIpc) is 2.11. The van der Waals surface area contributed by atoms with E-state index < -0.39 is 0 Å². The summed E-state index contributed by atoms with van der Waals surface area (Å²) in [6.45, 7) is 6.25. The van der Waals surface area contributed by atoms with Crippen LogP contribution in [-0.4, -0.2) is 10.2 Å². The van der Waals surface area contributed by atoms with Gasteiger partial charge in [0.05, 0.1) is 1.37 Å². The quantitative estimate of drug-likeness (QED) is 0.561. The minimum atomic E-state index is 0.0757. The summed E-state index contributed by atoms with van der Waals surface area (Å²) in [7, 11) is 0. The number of H-pyrrole nitrogens is 1. The summed E-state index contributed by atoms with van der Waals surface area (Å²) in [5.74, 6) is 0. The lowest BCUT2D eigenvalue weighted by molar-refractivity contribution is 0.567. The van der Waals surface area contributed by atoms with E-state index in [1.165, 1.54) is 0 Å². The molecule has 0 atom stereocenters. The van der Waals surface area contributed by atoms with Crippen molar-refractivity contribution in [1.82, 2.24) is 10.2 Å². The molecule has 1 N–H and O–H groups in total. The third-order valence-corrected chi connectivity index (χ3v) is 1.26. The van der Waals surface area contributed by atoms with Gasteiger partial charge in [-0.05, 0) is 6.07 Å². The Morgan fingerprint density at radius 2 is 2.33 bits per heavy atom. The maximum Gasteiger partial charge on any atom is 0.0860 e. The van der Waals surface area contributed by atoms with E-state index in [4.69, 9.17) is 1.37 Å². The minimum absolute atomic E-state index is 0.0757. The molecule has 0 fully saturated rings. The first-order valence-corrected chi connectivity index (χ1v) is 3.02. The van der Waals surface area contributed by atoms with Crippen molar-refractivity contribution < 1.29 is 1.37 Å². The van der Waals surface area contributed by atoms with Crippen LogP contribution in [0.4, 0.5) is 0 Å². The Bertz CT molecular complexity index is 222. The van der Waals surface area contributed by atoms with E-state index in [0.29, 0.717) is 6.17 Å². The van der Waals surface area contributed by atoms with Crippen LogP contribution in [-0.2, 0) is 5.41 Å². The Labute approximate surface area is 56.7 Å². The highest BCUT2D eigenvalue weighted by atomic mass is 15.1. The summed E-state index contributed by atoms with van der Waals surface area (Å²) < 4.78 is 7.15. The van der Waals surface area contributed by atoms with Crippen molar-refractivity contribution in [2.45, 2.75) is 26.2 Å². The zero-order valence-electron chi connectivity index (χ0n) is 7.02. The third-order valence-electron chi connectivity index (χ3n) is 1.26. The van der Waals surface area contributed by atoms with Crippen molar-refractivity contribution in [2.24, 2.45) is 0 Å². The standard InChI is InChI=1S/C7H12N2/c1-7(2,3)6-4-5-8-9-6/h4-5H,1-3H3,(H,8,9)/i5D. The van der Waals surface area contributed by atoms with Gasteiger partial charge in [-0.2, -0.15) is 5.10 Å². The second kappa shape index (κ2) is 1.87. The molecule has 1 aromatic heterocycles. The number of nitrogens with one attached hydrogen (secondary N) is 1. The van der Waals surface area contributed by atoms with Crippen LogP contribution in [0.25, 0.3) is 0 Å². The zero-order chi connectivity index (χ0) is 7.78. The summed E-state index contributed by atoms with van der Waals surface area (Å²) in [6, 6.07) is 1.75. The molecular weight excluding hydrogens is 112 g/mol. The van der Waals surface area contributed by atoms with Crippen molar-refractivity contribution in [2.75, 3.05) is 0 Å². The molecular formula is C7H12N2. The van der Waals surface area contributed by atoms with Gasteiger partial charge in [-0.1, -0.05) is 20.8 Å². The summed E-state index contributed by atoms with van der Waals surface area (Å²) >= 11 is 0. The molecule has 2 nitrogen and oxygen atoms in total. The van der Waals surface area contributed by atoms with Gasteiger partial charge in [0, 0.05) is 17.3 Å². The molecule has 1 rings (SSSR count). The molecule has 0 saturated carbocycles. The molecule has 0 aliphatic rings. The summed E-state index contributed by atoms with van der Waals surface area (Å²) in [5, 5.41) is 6.53. The van der Waals surface area contributed by atoms with Crippen LogP contribution in [0.15, 0.2) is 12.2 Å². The van der Waals surface area contributed by atoms with E-state index in [2.05, 4.69) is 31.0 Å². The smallest absolute Gasteiger partial charge is 0.0860 e. The fourth-order valence-electron chi connectivity index (χ4n) is 0.606. The Hall–Kier alpha value is -0.790. The van der Waals surface area contributed by atoms with E-state index in [9.17, 15) is 0 Å². The topological polar surface area (TPSA) is 28.7 Å². The van der Waals surface area contributed by atoms with Gasteiger partial charge >= 0.3 is 0 Å². The first kappa shape index (κ1) is 5.03. The molecule has 0 radical (unpaired) electrons. The van der Waals surface area contributed by atoms with Crippen LogP contribution >= 0.6 is 0 Å². The lowest BCUT2D eigenvalue weighted by Gasteiger charge is -2.14. The second-order valence-corrected chi connectivity index (χ2v) is 3.16. The van der Waals surface area contributed by atoms with Gasteiger partial charge in [-0.3, -0.25) is 5.10 Å². The summed E-state index contributed by atoms with van der Waals surface area (Å²) in [6.07, 6.45) is 0.310.